The van der Waals surface area contributed by atoms with Gasteiger partial charge < -0.3 is 10.2 Å². The number of anilines is 2. The molecule has 0 atom stereocenters. The molecule has 2 aliphatic rings. The first-order valence-electron chi connectivity index (χ1n) is 9.98. The van der Waals surface area contributed by atoms with Crippen molar-refractivity contribution in [3.63, 3.8) is 0 Å². The first kappa shape index (κ1) is 18.9. The molecule has 7 heteroatoms. The fourth-order valence-corrected chi connectivity index (χ4v) is 4.65. The third-order valence-electron chi connectivity index (χ3n) is 5.54. The largest absolute Gasteiger partial charge is 0.308 e. The third kappa shape index (κ3) is 3.50. The Kier molecular flexibility index (Phi) is 4.62. The lowest BCUT2D eigenvalue weighted by Crippen LogP contribution is -2.28. The summed E-state index contributed by atoms with van der Waals surface area (Å²) in [4.78, 5) is 32.2. The van der Waals surface area contributed by atoms with Crippen LogP contribution in [0.25, 0.3) is 11.3 Å². The first-order valence-corrected chi connectivity index (χ1v) is 10.8. The molecule has 3 aromatic rings. The number of carbonyl (C=O) groups is 2. The van der Waals surface area contributed by atoms with Crippen molar-refractivity contribution in [1.29, 1.82) is 0 Å². The molecule has 5 nitrogen and oxygen atoms in total. The fraction of sp³-hybridized carbons (Fsp3) is 0.261. The molecule has 2 aromatic carbocycles. The molecule has 152 valence electrons. The second-order valence-electron chi connectivity index (χ2n) is 7.75. The average molecular weight is 421 g/mol. The molecule has 5 rings (SSSR count). The Morgan fingerprint density at radius 1 is 1.20 bits per heavy atom. The number of hydrogen-bond acceptors (Lipinski definition) is 4. The Bertz CT molecular complexity index is 1170. The summed E-state index contributed by atoms with van der Waals surface area (Å²) in [6.07, 6.45) is 2.65. The zero-order chi connectivity index (χ0) is 20.8. The Hall–Kier alpha value is -3.06. The highest BCUT2D eigenvalue weighted by Gasteiger charge is 2.30. The summed E-state index contributed by atoms with van der Waals surface area (Å²) in [6, 6.07) is 11.7. The molecule has 30 heavy (non-hydrogen) atoms. The smallest absolute Gasteiger partial charge is 0.258 e. The van der Waals surface area contributed by atoms with E-state index in [1.165, 1.54) is 23.5 Å². The number of nitrogens with zero attached hydrogens (tertiary/aromatic N) is 2. The number of amides is 2. The summed E-state index contributed by atoms with van der Waals surface area (Å²) in [6.45, 7) is 2.56. The van der Waals surface area contributed by atoms with Crippen molar-refractivity contribution in [2.45, 2.75) is 26.2 Å². The lowest BCUT2D eigenvalue weighted by molar-refractivity contribution is -0.117. The van der Waals surface area contributed by atoms with E-state index in [1.54, 1.807) is 17.0 Å². The van der Waals surface area contributed by atoms with Crippen molar-refractivity contribution in [3.05, 3.63) is 64.3 Å². The van der Waals surface area contributed by atoms with Gasteiger partial charge in [-0.3, -0.25) is 9.59 Å². The van der Waals surface area contributed by atoms with E-state index in [4.69, 9.17) is 0 Å². The standard InChI is InChI=1S/C23H20FN3O2S/c1-13-20(25-23(30-13)26-21(28)14-5-6-14)16-7-8-19-15(11-16)9-10-27(19)22(29)17-3-2-4-18(24)12-17/h2-4,7-8,11-12,14H,5-6,9-10H2,1H3,(H,25,26,28). The molecule has 2 amide bonds. The Morgan fingerprint density at radius 3 is 2.80 bits per heavy atom. The van der Waals surface area contributed by atoms with Crippen LogP contribution in [-0.2, 0) is 11.2 Å². The second kappa shape index (κ2) is 7.32. The van der Waals surface area contributed by atoms with Crippen LogP contribution < -0.4 is 10.2 Å². The van der Waals surface area contributed by atoms with Gasteiger partial charge in [-0.1, -0.05) is 12.1 Å². The van der Waals surface area contributed by atoms with Crippen molar-refractivity contribution in [2.75, 3.05) is 16.8 Å². The van der Waals surface area contributed by atoms with E-state index in [1.807, 2.05) is 19.1 Å². The predicted octanol–water partition coefficient (Wildman–Crippen LogP) is 4.81. The van der Waals surface area contributed by atoms with Gasteiger partial charge in [-0.25, -0.2) is 9.37 Å². The molecule has 0 radical (unpaired) electrons. The van der Waals surface area contributed by atoms with E-state index in [0.29, 0.717) is 17.2 Å². The maximum absolute atomic E-state index is 13.5. The topological polar surface area (TPSA) is 62.3 Å². The van der Waals surface area contributed by atoms with E-state index < -0.39 is 5.82 Å². The maximum Gasteiger partial charge on any atom is 0.258 e. The van der Waals surface area contributed by atoms with E-state index >= 15 is 0 Å². The SMILES string of the molecule is Cc1sc(NC(=O)C2CC2)nc1-c1ccc2c(c1)CCN2C(=O)c1cccc(F)c1. The van der Waals surface area contributed by atoms with Gasteiger partial charge in [0.05, 0.1) is 5.69 Å². The number of benzene rings is 2. The molecular formula is C23H20FN3O2S. The molecule has 0 unspecified atom stereocenters. The quantitative estimate of drug-likeness (QED) is 0.658. The molecule has 1 N–H and O–H groups in total. The minimum absolute atomic E-state index is 0.0516. The molecule has 1 fully saturated rings. The van der Waals surface area contributed by atoms with Crippen LogP contribution in [0.1, 0.15) is 33.6 Å². The van der Waals surface area contributed by atoms with Crippen molar-refractivity contribution in [1.82, 2.24) is 4.98 Å². The molecule has 1 aliphatic carbocycles. The number of thiazole rings is 1. The monoisotopic (exact) mass is 421 g/mol. The Labute approximate surface area is 177 Å². The van der Waals surface area contributed by atoms with Crippen LogP contribution in [-0.4, -0.2) is 23.3 Å². The molecule has 0 saturated heterocycles. The minimum Gasteiger partial charge on any atom is -0.308 e. The average Bonchev–Trinajstić information content (AvgIpc) is 3.41. The van der Waals surface area contributed by atoms with E-state index in [9.17, 15) is 14.0 Å². The lowest BCUT2D eigenvalue weighted by Gasteiger charge is -2.17. The van der Waals surface area contributed by atoms with Crippen molar-refractivity contribution in [2.24, 2.45) is 5.92 Å². The van der Waals surface area contributed by atoms with E-state index in [0.717, 1.165) is 46.6 Å². The van der Waals surface area contributed by atoms with Gasteiger partial charge in [-0.15, -0.1) is 11.3 Å². The molecule has 1 aliphatic heterocycles. The summed E-state index contributed by atoms with van der Waals surface area (Å²) in [7, 11) is 0. The Morgan fingerprint density at radius 2 is 2.03 bits per heavy atom. The van der Waals surface area contributed by atoms with Crippen LogP contribution in [0.2, 0.25) is 0 Å². The van der Waals surface area contributed by atoms with Crippen LogP contribution >= 0.6 is 11.3 Å². The molecular weight excluding hydrogens is 401 g/mol. The molecule has 0 bridgehead atoms. The van der Waals surface area contributed by atoms with Crippen LogP contribution in [0.15, 0.2) is 42.5 Å². The number of rotatable bonds is 4. The van der Waals surface area contributed by atoms with E-state index in [-0.39, 0.29) is 17.7 Å². The minimum atomic E-state index is -0.417. The van der Waals surface area contributed by atoms with Gasteiger partial charge in [0.15, 0.2) is 5.13 Å². The number of aromatic nitrogens is 1. The van der Waals surface area contributed by atoms with Crippen molar-refractivity contribution < 1.29 is 14.0 Å². The number of carbonyl (C=O) groups excluding carboxylic acids is 2. The lowest BCUT2D eigenvalue weighted by atomic mass is 10.1. The molecule has 2 heterocycles. The number of aryl methyl sites for hydroxylation is 1. The highest BCUT2D eigenvalue weighted by atomic mass is 32.1. The molecule has 1 saturated carbocycles. The van der Waals surface area contributed by atoms with Gasteiger partial charge in [-0.2, -0.15) is 0 Å². The zero-order valence-corrected chi connectivity index (χ0v) is 17.3. The highest BCUT2D eigenvalue weighted by Crippen LogP contribution is 2.37. The number of halogens is 1. The number of fused-ring (bicyclic) bond motifs is 1. The fourth-order valence-electron chi connectivity index (χ4n) is 3.81. The van der Waals surface area contributed by atoms with Crippen LogP contribution in [0.4, 0.5) is 15.2 Å². The zero-order valence-electron chi connectivity index (χ0n) is 16.4. The second-order valence-corrected chi connectivity index (χ2v) is 8.95. The van der Waals surface area contributed by atoms with Gasteiger partial charge in [0.1, 0.15) is 5.82 Å². The summed E-state index contributed by atoms with van der Waals surface area (Å²) in [5.41, 5.74) is 4.08. The summed E-state index contributed by atoms with van der Waals surface area (Å²) in [5.74, 6) is -0.426. The van der Waals surface area contributed by atoms with E-state index in [2.05, 4.69) is 16.4 Å². The predicted molar refractivity (Wildman–Crippen MR) is 115 cm³/mol. The van der Waals surface area contributed by atoms with Crippen molar-refractivity contribution >= 4 is 34.0 Å². The van der Waals surface area contributed by atoms with Gasteiger partial charge >= 0.3 is 0 Å². The van der Waals surface area contributed by atoms with Gasteiger partial charge in [-0.05, 0) is 62.1 Å². The van der Waals surface area contributed by atoms with Gasteiger partial charge in [0.25, 0.3) is 5.91 Å². The van der Waals surface area contributed by atoms with Gasteiger partial charge in [0, 0.05) is 34.2 Å². The maximum atomic E-state index is 13.5. The summed E-state index contributed by atoms with van der Waals surface area (Å²) < 4.78 is 13.5. The van der Waals surface area contributed by atoms with Crippen LogP contribution in [0.5, 0.6) is 0 Å². The first-order chi connectivity index (χ1) is 14.5. The highest BCUT2D eigenvalue weighted by molar-refractivity contribution is 7.16. The number of nitrogens with one attached hydrogen (secondary N) is 1. The normalized spacial score (nSPS) is 15.2. The van der Waals surface area contributed by atoms with Crippen LogP contribution in [0.3, 0.4) is 0 Å². The number of hydrogen-bond donors (Lipinski definition) is 1. The van der Waals surface area contributed by atoms with Crippen molar-refractivity contribution in [3.8, 4) is 11.3 Å². The summed E-state index contributed by atoms with van der Waals surface area (Å²) in [5, 5.41) is 3.54. The summed E-state index contributed by atoms with van der Waals surface area (Å²) >= 11 is 1.48. The molecule has 1 aromatic heterocycles. The molecule has 0 spiro atoms. The van der Waals surface area contributed by atoms with Crippen LogP contribution in [0, 0.1) is 18.7 Å². The van der Waals surface area contributed by atoms with Gasteiger partial charge in [0.2, 0.25) is 5.91 Å². The Balaban J connectivity index is 1.39. The third-order valence-corrected chi connectivity index (χ3v) is 6.43.